The molecule has 3 N–H and O–H groups in total. The largest absolute Gasteiger partial charge is 0.396 e. The number of aliphatic hydroxyl groups excluding tert-OH is 1. The summed E-state index contributed by atoms with van der Waals surface area (Å²) in [6, 6.07) is 5.49. The van der Waals surface area contributed by atoms with E-state index in [4.69, 9.17) is 5.11 Å². The lowest BCUT2D eigenvalue weighted by molar-refractivity contribution is -0.136. The van der Waals surface area contributed by atoms with E-state index in [2.05, 4.69) is 26.6 Å². The number of anilines is 1. The number of hydrogen-bond donors (Lipinski definition) is 3. The number of rotatable bonds is 5. The van der Waals surface area contributed by atoms with Crippen LogP contribution < -0.4 is 10.6 Å². The Morgan fingerprint density at radius 2 is 2.05 bits per heavy atom. The lowest BCUT2D eigenvalue weighted by Gasteiger charge is -2.12. The average Bonchev–Trinajstić information content (AvgIpc) is 2.40. The summed E-state index contributed by atoms with van der Waals surface area (Å²) in [5, 5.41) is 13.9. The average molecular weight is 343 g/mol. The van der Waals surface area contributed by atoms with Gasteiger partial charge < -0.3 is 15.7 Å². The van der Waals surface area contributed by atoms with E-state index < -0.39 is 11.8 Å². The van der Waals surface area contributed by atoms with Gasteiger partial charge in [-0.15, -0.1) is 0 Å². The molecule has 0 fully saturated rings. The Labute approximate surface area is 126 Å². The summed E-state index contributed by atoms with van der Waals surface area (Å²) in [6.45, 7) is 4.23. The van der Waals surface area contributed by atoms with E-state index in [1.165, 1.54) is 0 Å². The molecule has 0 saturated heterocycles. The first-order valence-electron chi connectivity index (χ1n) is 6.40. The van der Waals surface area contributed by atoms with E-state index in [1.54, 1.807) is 6.07 Å². The fourth-order valence-electron chi connectivity index (χ4n) is 1.58. The van der Waals surface area contributed by atoms with E-state index in [0.29, 0.717) is 18.7 Å². The monoisotopic (exact) mass is 342 g/mol. The molecular formula is C14H19BrN2O3. The molecule has 20 heavy (non-hydrogen) atoms. The first kappa shape index (κ1) is 16.7. The Balaban J connectivity index is 2.53. The predicted octanol–water partition coefficient (Wildman–Crippen LogP) is 1.83. The lowest BCUT2D eigenvalue weighted by Crippen LogP contribution is -2.37. The van der Waals surface area contributed by atoms with Crippen LogP contribution in [0.2, 0.25) is 0 Å². The molecule has 1 aromatic carbocycles. The Morgan fingerprint density at radius 1 is 1.35 bits per heavy atom. The molecule has 0 aliphatic rings. The maximum absolute atomic E-state index is 11.8. The number of carbonyl (C=O) groups is 2. The van der Waals surface area contributed by atoms with Crippen LogP contribution in [0, 0.1) is 12.8 Å². The van der Waals surface area contributed by atoms with Crippen molar-refractivity contribution in [3.8, 4) is 0 Å². The van der Waals surface area contributed by atoms with Crippen molar-refractivity contribution < 1.29 is 14.7 Å². The summed E-state index contributed by atoms with van der Waals surface area (Å²) in [7, 11) is 0. The minimum atomic E-state index is -0.701. The zero-order chi connectivity index (χ0) is 15.1. The zero-order valence-electron chi connectivity index (χ0n) is 11.6. The van der Waals surface area contributed by atoms with E-state index in [1.807, 2.05) is 26.0 Å². The van der Waals surface area contributed by atoms with Crippen LogP contribution in [0.3, 0.4) is 0 Å². The molecule has 2 amide bonds. The van der Waals surface area contributed by atoms with Crippen LogP contribution in [0.25, 0.3) is 0 Å². The fraction of sp³-hybridized carbons (Fsp3) is 0.429. The number of carbonyl (C=O) groups excluding carboxylic acids is 2. The van der Waals surface area contributed by atoms with E-state index in [9.17, 15) is 9.59 Å². The SMILES string of the molecule is Cc1ccc(Br)c(NC(=O)C(=O)NCC(C)CCO)c1. The van der Waals surface area contributed by atoms with Gasteiger partial charge in [-0.3, -0.25) is 9.59 Å². The first-order chi connectivity index (χ1) is 9.43. The molecule has 0 bridgehead atoms. The summed E-state index contributed by atoms with van der Waals surface area (Å²) in [4.78, 5) is 23.4. The normalized spacial score (nSPS) is 11.8. The molecule has 0 spiro atoms. The topological polar surface area (TPSA) is 78.4 Å². The van der Waals surface area contributed by atoms with Crippen LogP contribution in [0.15, 0.2) is 22.7 Å². The molecule has 1 aromatic rings. The second kappa shape index (κ2) is 8.01. The highest BCUT2D eigenvalue weighted by molar-refractivity contribution is 9.10. The summed E-state index contributed by atoms with van der Waals surface area (Å²) >= 11 is 3.32. The van der Waals surface area contributed by atoms with Crippen molar-refractivity contribution in [3.63, 3.8) is 0 Å². The molecule has 0 aromatic heterocycles. The zero-order valence-corrected chi connectivity index (χ0v) is 13.2. The number of aliphatic hydroxyl groups is 1. The third-order valence-corrected chi connectivity index (χ3v) is 3.50. The molecule has 6 heteroatoms. The van der Waals surface area contributed by atoms with Crippen molar-refractivity contribution in [1.82, 2.24) is 5.32 Å². The van der Waals surface area contributed by atoms with Gasteiger partial charge in [0.25, 0.3) is 0 Å². The smallest absolute Gasteiger partial charge is 0.313 e. The molecular weight excluding hydrogens is 324 g/mol. The van der Waals surface area contributed by atoms with Gasteiger partial charge in [-0.1, -0.05) is 13.0 Å². The molecule has 0 heterocycles. The summed E-state index contributed by atoms with van der Waals surface area (Å²) in [6.07, 6.45) is 0.589. The maximum Gasteiger partial charge on any atom is 0.313 e. The maximum atomic E-state index is 11.8. The van der Waals surface area contributed by atoms with Crippen molar-refractivity contribution in [1.29, 1.82) is 0 Å². The minimum absolute atomic E-state index is 0.0689. The number of halogens is 1. The van der Waals surface area contributed by atoms with Crippen molar-refractivity contribution in [2.45, 2.75) is 20.3 Å². The van der Waals surface area contributed by atoms with Crippen LogP contribution >= 0.6 is 15.9 Å². The second-order valence-corrected chi connectivity index (χ2v) is 5.62. The summed E-state index contributed by atoms with van der Waals surface area (Å²) in [5.74, 6) is -1.25. The van der Waals surface area contributed by atoms with E-state index in [0.717, 1.165) is 10.0 Å². The van der Waals surface area contributed by atoms with Crippen LogP contribution in [0.5, 0.6) is 0 Å². The predicted molar refractivity (Wildman–Crippen MR) is 81.4 cm³/mol. The minimum Gasteiger partial charge on any atom is -0.396 e. The van der Waals surface area contributed by atoms with E-state index in [-0.39, 0.29) is 12.5 Å². The van der Waals surface area contributed by atoms with Crippen LogP contribution in [0.4, 0.5) is 5.69 Å². The van der Waals surface area contributed by atoms with Gasteiger partial charge >= 0.3 is 11.8 Å². The van der Waals surface area contributed by atoms with Gasteiger partial charge in [0.15, 0.2) is 0 Å². The highest BCUT2D eigenvalue weighted by atomic mass is 79.9. The fourth-order valence-corrected chi connectivity index (χ4v) is 1.93. The van der Waals surface area contributed by atoms with Gasteiger partial charge in [0.05, 0.1) is 5.69 Å². The van der Waals surface area contributed by atoms with Crippen molar-refractivity contribution >= 4 is 33.4 Å². The molecule has 110 valence electrons. The lowest BCUT2D eigenvalue weighted by atomic mass is 10.1. The standard InChI is InChI=1S/C14H19BrN2O3/c1-9-3-4-11(15)12(7-9)17-14(20)13(19)16-8-10(2)5-6-18/h3-4,7,10,18H,5-6,8H2,1-2H3,(H,16,19)(H,17,20). The summed E-state index contributed by atoms with van der Waals surface area (Å²) in [5.41, 5.74) is 1.55. The number of benzene rings is 1. The Bertz CT molecular complexity index is 491. The molecule has 0 saturated carbocycles. The van der Waals surface area contributed by atoms with Gasteiger partial charge in [0, 0.05) is 17.6 Å². The Hall–Kier alpha value is -1.40. The Morgan fingerprint density at radius 3 is 2.70 bits per heavy atom. The third-order valence-electron chi connectivity index (χ3n) is 2.81. The molecule has 0 radical (unpaired) electrons. The number of aryl methyl sites for hydroxylation is 1. The second-order valence-electron chi connectivity index (χ2n) is 4.76. The van der Waals surface area contributed by atoms with Crippen molar-refractivity contribution in [2.75, 3.05) is 18.5 Å². The number of amides is 2. The first-order valence-corrected chi connectivity index (χ1v) is 7.19. The molecule has 1 unspecified atom stereocenters. The molecule has 1 rings (SSSR count). The van der Waals surface area contributed by atoms with Gasteiger partial charge in [0.1, 0.15) is 0 Å². The van der Waals surface area contributed by atoms with Crippen LogP contribution in [0.1, 0.15) is 18.9 Å². The van der Waals surface area contributed by atoms with Gasteiger partial charge in [-0.2, -0.15) is 0 Å². The Kier molecular flexibility index (Phi) is 6.67. The molecule has 0 aliphatic carbocycles. The van der Waals surface area contributed by atoms with Crippen molar-refractivity contribution in [2.24, 2.45) is 5.92 Å². The quantitative estimate of drug-likeness (QED) is 0.714. The third kappa shape index (κ3) is 5.30. The van der Waals surface area contributed by atoms with Gasteiger partial charge in [-0.05, 0) is 52.9 Å². The number of nitrogens with one attached hydrogen (secondary N) is 2. The van der Waals surface area contributed by atoms with E-state index >= 15 is 0 Å². The molecule has 5 nitrogen and oxygen atoms in total. The highest BCUT2D eigenvalue weighted by Gasteiger charge is 2.15. The number of hydrogen-bond acceptors (Lipinski definition) is 3. The highest BCUT2D eigenvalue weighted by Crippen LogP contribution is 2.23. The molecule has 1 atom stereocenters. The van der Waals surface area contributed by atoms with Crippen LogP contribution in [-0.2, 0) is 9.59 Å². The van der Waals surface area contributed by atoms with Gasteiger partial charge in [-0.25, -0.2) is 0 Å². The molecule has 0 aliphatic heterocycles. The van der Waals surface area contributed by atoms with Crippen molar-refractivity contribution in [3.05, 3.63) is 28.2 Å². The van der Waals surface area contributed by atoms with Gasteiger partial charge in [0.2, 0.25) is 0 Å². The summed E-state index contributed by atoms with van der Waals surface area (Å²) < 4.78 is 0.720. The van der Waals surface area contributed by atoms with Crippen LogP contribution in [-0.4, -0.2) is 30.1 Å².